The Bertz CT molecular complexity index is 602. The van der Waals surface area contributed by atoms with Gasteiger partial charge in [0.15, 0.2) is 5.01 Å². The zero-order chi connectivity index (χ0) is 14.1. The largest absolute Gasteiger partial charge is 0.314 e. The van der Waals surface area contributed by atoms with Crippen LogP contribution < -0.4 is 5.32 Å². The van der Waals surface area contributed by atoms with E-state index in [4.69, 9.17) is 0 Å². The summed E-state index contributed by atoms with van der Waals surface area (Å²) >= 11 is 1.13. The predicted octanol–water partition coefficient (Wildman–Crippen LogP) is 2.92. The molecule has 7 heteroatoms. The first-order valence-electron chi connectivity index (χ1n) is 6.34. The van der Waals surface area contributed by atoms with Crippen LogP contribution in [-0.4, -0.2) is 22.8 Å². The number of hydrogen-bond acceptors (Lipinski definition) is 4. The SMILES string of the molecule is Fc1cc(F)c(-c2nnc(CCNC3CC3)s2)c(F)c1. The van der Waals surface area contributed by atoms with Crippen molar-refractivity contribution in [2.45, 2.75) is 25.3 Å². The van der Waals surface area contributed by atoms with Crippen molar-refractivity contribution in [2.75, 3.05) is 6.54 Å². The van der Waals surface area contributed by atoms with E-state index in [-0.39, 0.29) is 10.6 Å². The molecular weight excluding hydrogens is 287 g/mol. The molecule has 0 unspecified atom stereocenters. The van der Waals surface area contributed by atoms with Crippen LogP contribution in [0.5, 0.6) is 0 Å². The Morgan fingerprint density at radius 2 is 1.85 bits per heavy atom. The molecule has 0 radical (unpaired) electrons. The second-order valence-electron chi connectivity index (χ2n) is 4.72. The molecule has 1 fully saturated rings. The van der Waals surface area contributed by atoms with Gasteiger partial charge in [-0.3, -0.25) is 0 Å². The number of rotatable bonds is 5. The third-order valence-electron chi connectivity index (χ3n) is 3.04. The Kier molecular flexibility index (Phi) is 3.71. The Balaban J connectivity index is 1.75. The highest BCUT2D eigenvalue weighted by atomic mass is 32.1. The first kappa shape index (κ1) is 13.5. The van der Waals surface area contributed by atoms with Crippen LogP contribution >= 0.6 is 11.3 Å². The van der Waals surface area contributed by atoms with E-state index >= 15 is 0 Å². The minimum atomic E-state index is -0.957. The number of hydrogen-bond donors (Lipinski definition) is 1. The average molecular weight is 299 g/mol. The zero-order valence-corrected chi connectivity index (χ0v) is 11.3. The van der Waals surface area contributed by atoms with Crippen LogP contribution in [0.15, 0.2) is 12.1 Å². The van der Waals surface area contributed by atoms with E-state index in [1.807, 2.05) is 0 Å². The van der Waals surface area contributed by atoms with Crippen LogP contribution in [-0.2, 0) is 6.42 Å². The number of nitrogens with one attached hydrogen (secondary N) is 1. The van der Waals surface area contributed by atoms with Gasteiger partial charge in [-0.05, 0) is 12.8 Å². The monoisotopic (exact) mass is 299 g/mol. The summed E-state index contributed by atoms with van der Waals surface area (Å²) in [4.78, 5) is 0. The van der Waals surface area contributed by atoms with Crippen molar-refractivity contribution in [3.63, 3.8) is 0 Å². The normalized spacial score (nSPS) is 14.8. The molecule has 3 rings (SSSR count). The third kappa shape index (κ3) is 2.99. The maximum atomic E-state index is 13.6. The van der Waals surface area contributed by atoms with Crippen LogP contribution in [0.3, 0.4) is 0 Å². The lowest BCUT2D eigenvalue weighted by atomic mass is 10.2. The molecule has 1 aromatic heterocycles. The molecule has 0 bridgehead atoms. The molecule has 106 valence electrons. The van der Waals surface area contributed by atoms with Crippen molar-refractivity contribution in [3.8, 4) is 10.6 Å². The molecule has 1 N–H and O–H groups in total. The molecule has 3 nitrogen and oxygen atoms in total. The van der Waals surface area contributed by atoms with Crippen LogP contribution in [0, 0.1) is 17.5 Å². The van der Waals surface area contributed by atoms with E-state index in [1.165, 1.54) is 12.8 Å². The van der Waals surface area contributed by atoms with Gasteiger partial charge in [0.2, 0.25) is 0 Å². The summed E-state index contributed by atoms with van der Waals surface area (Å²) in [6, 6.07) is 1.90. The van der Waals surface area contributed by atoms with Gasteiger partial charge in [0.1, 0.15) is 22.5 Å². The summed E-state index contributed by atoms with van der Waals surface area (Å²) in [5, 5.41) is 11.9. The van der Waals surface area contributed by atoms with E-state index in [0.717, 1.165) is 17.9 Å². The average Bonchev–Trinajstić information content (AvgIpc) is 3.07. The predicted molar refractivity (Wildman–Crippen MR) is 69.9 cm³/mol. The van der Waals surface area contributed by atoms with Crippen LogP contribution in [0.1, 0.15) is 17.8 Å². The molecule has 0 saturated heterocycles. The summed E-state index contributed by atoms with van der Waals surface area (Å²) in [6.45, 7) is 0.772. The van der Waals surface area contributed by atoms with Gasteiger partial charge in [-0.15, -0.1) is 10.2 Å². The summed E-state index contributed by atoms with van der Waals surface area (Å²) < 4.78 is 40.1. The van der Waals surface area contributed by atoms with Gasteiger partial charge in [-0.25, -0.2) is 13.2 Å². The molecule has 1 aliphatic rings. The molecule has 1 saturated carbocycles. The molecule has 0 spiro atoms. The number of aromatic nitrogens is 2. The topological polar surface area (TPSA) is 37.8 Å². The fourth-order valence-corrected chi connectivity index (χ4v) is 2.76. The van der Waals surface area contributed by atoms with Crippen LogP contribution in [0.25, 0.3) is 10.6 Å². The summed E-state index contributed by atoms with van der Waals surface area (Å²) in [6.07, 6.45) is 3.07. The highest BCUT2D eigenvalue weighted by Crippen LogP contribution is 2.29. The van der Waals surface area contributed by atoms with Crippen molar-refractivity contribution in [1.29, 1.82) is 0 Å². The number of benzene rings is 1. The lowest BCUT2D eigenvalue weighted by Crippen LogP contribution is -2.19. The minimum Gasteiger partial charge on any atom is -0.314 e. The third-order valence-corrected chi connectivity index (χ3v) is 4.04. The first-order valence-corrected chi connectivity index (χ1v) is 7.16. The fraction of sp³-hybridized carbons (Fsp3) is 0.385. The lowest BCUT2D eigenvalue weighted by molar-refractivity contribution is 0.547. The Morgan fingerprint density at radius 3 is 2.50 bits per heavy atom. The molecule has 0 atom stereocenters. The Hall–Kier alpha value is -1.47. The maximum absolute atomic E-state index is 13.6. The van der Waals surface area contributed by atoms with Crippen molar-refractivity contribution < 1.29 is 13.2 Å². The van der Waals surface area contributed by atoms with E-state index in [1.54, 1.807) is 0 Å². The van der Waals surface area contributed by atoms with Crippen molar-refractivity contribution in [3.05, 3.63) is 34.6 Å². The van der Waals surface area contributed by atoms with E-state index in [2.05, 4.69) is 15.5 Å². The van der Waals surface area contributed by atoms with Gasteiger partial charge < -0.3 is 5.32 Å². The van der Waals surface area contributed by atoms with Crippen molar-refractivity contribution >= 4 is 11.3 Å². The second-order valence-corrected chi connectivity index (χ2v) is 5.79. The number of halogens is 3. The number of nitrogens with zero attached hydrogens (tertiary/aromatic N) is 2. The van der Waals surface area contributed by atoms with Crippen LogP contribution in [0.2, 0.25) is 0 Å². The molecule has 1 aliphatic carbocycles. The van der Waals surface area contributed by atoms with Crippen LogP contribution in [0.4, 0.5) is 13.2 Å². The molecule has 20 heavy (non-hydrogen) atoms. The highest BCUT2D eigenvalue weighted by Gasteiger charge is 2.21. The Morgan fingerprint density at radius 1 is 1.15 bits per heavy atom. The summed E-state index contributed by atoms with van der Waals surface area (Å²) in [5.74, 6) is -2.86. The van der Waals surface area contributed by atoms with Gasteiger partial charge in [-0.2, -0.15) is 0 Å². The quantitative estimate of drug-likeness (QED) is 0.922. The van der Waals surface area contributed by atoms with E-state index in [0.29, 0.717) is 29.6 Å². The molecule has 1 heterocycles. The minimum absolute atomic E-state index is 0.140. The van der Waals surface area contributed by atoms with Gasteiger partial charge in [0.25, 0.3) is 0 Å². The molecular formula is C13H12F3N3S. The standard InChI is InChI=1S/C13H12F3N3S/c14-7-5-9(15)12(10(16)6-7)13-19-18-11(20-13)3-4-17-8-1-2-8/h5-6,8,17H,1-4H2. The lowest BCUT2D eigenvalue weighted by Gasteiger charge is -2.00. The summed E-state index contributed by atoms with van der Waals surface area (Å²) in [5.41, 5.74) is -0.315. The Labute approximate surface area is 117 Å². The fourth-order valence-electron chi connectivity index (χ4n) is 1.87. The molecule has 1 aromatic carbocycles. The van der Waals surface area contributed by atoms with Gasteiger partial charge in [-0.1, -0.05) is 11.3 Å². The molecule has 2 aromatic rings. The van der Waals surface area contributed by atoms with E-state index < -0.39 is 17.5 Å². The smallest absolute Gasteiger partial charge is 0.153 e. The highest BCUT2D eigenvalue weighted by molar-refractivity contribution is 7.14. The van der Waals surface area contributed by atoms with Gasteiger partial charge in [0.05, 0.1) is 5.56 Å². The second kappa shape index (κ2) is 5.49. The molecule has 0 amide bonds. The first-order chi connectivity index (χ1) is 9.63. The van der Waals surface area contributed by atoms with Gasteiger partial charge >= 0.3 is 0 Å². The zero-order valence-electron chi connectivity index (χ0n) is 10.5. The van der Waals surface area contributed by atoms with E-state index in [9.17, 15) is 13.2 Å². The molecule has 0 aliphatic heterocycles. The maximum Gasteiger partial charge on any atom is 0.153 e. The van der Waals surface area contributed by atoms with Gasteiger partial charge in [0, 0.05) is 31.1 Å². The van der Waals surface area contributed by atoms with Crippen molar-refractivity contribution in [1.82, 2.24) is 15.5 Å². The summed E-state index contributed by atoms with van der Waals surface area (Å²) in [7, 11) is 0. The van der Waals surface area contributed by atoms with Crippen molar-refractivity contribution in [2.24, 2.45) is 0 Å².